The number of aryl methyl sites for hydroxylation is 1. The summed E-state index contributed by atoms with van der Waals surface area (Å²) in [4.78, 5) is 4.02. The molecule has 1 rings (SSSR count). The van der Waals surface area contributed by atoms with Crippen LogP contribution in [-0.2, 0) is 6.54 Å². The van der Waals surface area contributed by atoms with Crippen molar-refractivity contribution in [3.8, 4) is 5.75 Å². The van der Waals surface area contributed by atoms with Gasteiger partial charge in [-0.15, -0.1) is 0 Å². The van der Waals surface area contributed by atoms with E-state index in [0.717, 1.165) is 0 Å². The molecule has 0 radical (unpaired) electrons. The number of ether oxygens (including phenoxy) is 1. The summed E-state index contributed by atoms with van der Waals surface area (Å²) in [5.41, 5.74) is 1.12. The highest BCUT2D eigenvalue weighted by atomic mass is 19.3. The fourth-order valence-electron chi connectivity index (χ4n) is 1.33. The third-order valence-electron chi connectivity index (χ3n) is 2.39. The van der Waals surface area contributed by atoms with Gasteiger partial charge in [-0.1, -0.05) is 6.92 Å². The van der Waals surface area contributed by atoms with E-state index in [2.05, 4.69) is 10.3 Å². The van der Waals surface area contributed by atoms with Crippen molar-refractivity contribution < 1.29 is 22.3 Å². The largest absolute Gasteiger partial charge is 0.487 e. The lowest BCUT2D eigenvalue weighted by atomic mass is 10.2. The van der Waals surface area contributed by atoms with E-state index in [-0.39, 0.29) is 5.75 Å². The highest BCUT2D eigenvalue weighted by molar-refractivity contribution is 5.32. The molecule has 0 spiro atoms. The maximum Gasteiger partial charge on any atom is 0.340 e. The van der Waals surface area contributed by atoms with Crippen LogP contribution in [0.4, 0.5) is 17.6 Å². The Bertz CT molecular complexity index is 413. The number of pyridine rings is 1. The highest BCUT2D eigenvalue weighted by Gasteiger charge is 2.41. The van der Waals surface area contributed by atoms with Crippen molar-refractivity contribution in [3.05, 3.63) is 23.5 Å². The van der Waals surface area contributed by atoms with Gasteiger partial charge in [-0.05, 0) is 13.5 Å². The van der Waals surface area contributed by atoms with E-state index < -0.39 is 19.0 Å². The van der Waals surface area contributed by atoms with Crippen LogP contribution in [0.5, 0.6) is 5.75 Å². The Morgan fingerprint density at radius 1 is 1.42 bits per heavy atom. The molecule has 1 aromatic rings. The van der Waals surface area contributed by atoms with Gasteiger partial charge in [0, 0.05) is 30.1 Å². The average Bonchev–Trinajstić information content (AvgIpc) is 2.35. The topological polar surface area (TPSA) is 34.2 Å². The summed E-state index contributed by atoms with van der Waals surface area (Å²) in [5.74, 6) is -4.01. The van der Waals surface area contributed by atoms with E-state index >= 15 is 0 Å². The minimum Gasteiger partial charge on any atom is -0.487 e. The molecule has 0 aliphatic heterocycles. The van der Waals surface area contributed by atoms with Gasteiger partial charge in [0.25, 0.3) is 0 Å². The molecule has 0 saturated heterocycles. The first kappa shape index (κ1) is 15.7. The van der Waals surface area contributed by atoms with Gasteiger partial charge < -0.3 is 10.1 Å². The standard InChI is InChI=1S/C12H16F4N2O/c1-3-17-5-9-6-18-8(2)4-10(9)19-7-12(15,16)11(13)14/h4,6,11,17H,3,5,7H2,1-2H3. The Morgan fingerprint density at radius 3 is 2.68 bits per heavy atom. The molecular weight excluding hydrogens is 264 g/mol. The van der Waals surface area contributed by atoms with Crippen LogP contribution in [0.15, 0.2) is 12.3 Å². The number of alkyl halides is 4. The molecule has 0 unspecified atom stereocenters. The molecule has 0 saturated carbocycles. The summed E-state index contributed by atoms with van der Waals surface area (Å²) < 4.78 is 54.5. The van der Waals surface area contributed by atoms with Crippen LogP contribution in [0.1, 0.15) is 18.2 Å². The lowest BCUT2D eigenvalue weighted by Gasteiger charge is -2.18. The molecule has 19 heavy (non-hydrogen) atoms. The van der Waals surface area contributed by atoms with Crippen LogP contribution in [0.25, 0.3) is 0 Å². The van der Waals surface area contributed by atoms with Crippen molar-refractivity contribution in [1.29, 1.82) is 0 Å². The fourth-order valence-corrected chi connectivity index (χ4v) is 1.33. The number of nitrogens with one attached hydrogen (secondary N) is 1. The Balaban J connectivity index is 2.78. The molecule has 1 heterocycles. The Kier molecular flexibility index (Phi) is 5.53. The van der Waals surface area contributed by atoms with Crippen LogP contribution in [0.2, 0.25) is 0 Å². The molecular formula is C12H16F4N2O. The third kappa shape index (κ3) is 4.66. The van der Waals surface area contributed by atoms with Gasteiger partial charge in [0.05, 0.1) is 0 Å². The van der Waals surface area contributed by atoms with E-state index in [1.165, 1.54) is 12.3 Å². The van der Waals surface area contributed by atoms with E-state index in [1.807, 2.05) is 6.92 Å². The summed E-state index contributed by atoms with van der Waals surface area (Å²) in [6, 6.07) is 1.45. The molecule has 1 N–H and O–H groups in total. The summed E-state index contributed by atoms with van der Waals surface area (Å²) in [6.07, 6.45) is -2.26. The average molecular weight is 280 g/mol. The Morgan fingerprint density at radius 2 is 2.11 bits per heavy atom. The summed E-state index contributed by atoms with van der Waals surface area (Å²) in [6.45, 7) is 3.25. The molecule has 0 fully saturated rings. The number of halogens is 4. The summed E-state index contributed by atoms with van der Waals surface area (Å²) >= 11 is 0. The van der Waals surface area contributed by atoms with Crippen molar-refractivity contribution >= 4 is 0 Å². The van der Waals surface area contributed by atoms with E-state index in [1.54, 1.807) is 6.92 Å². The number of nitrogens with zero attached hydrogens (tertiary/aromatic N) is 1. The number of hydrogen-bond acceptors (Lipinski definition) is 3. The number of rotatable bonds is 7. The van der Waals surface area contributed by atoms with Crippen molar-refractivity contribution in [2.24, 2.45) is 0 Å². The first-order valence-electron chi connectivity index (χ1n) is 5.82. The van der Waals surface area contributed by atoms with E-state index in [0.29, 0.717) is 24.3 Å². The van der Waals surface area contributed by atoms with Crippen LogP contribution < -0.4 is 10.1 Å². The van der Waals surface area contributed by atoms with Crippen molar-refractivity contribution in [2.75, 3.05) is 13.2 Å². The molecule has 0 aliphatic rings. The molecule has 3 nitrogen and oxygen atoms in total. The van der Waals surface area contributed by atoms with E-state index in [4.69, 9.17) is 4.74 Å². The predicted octanol–water partition coefficient (Wildman–Crippen LogP) is 2.78. The second-order valence-corrected chi connectivity index (χ2v) is 4.06. The van der Waals surface area contributed by atoms with Crippen molar-refractivity contribution in [3.63, 3.8) is 0 Å². The van der Waals surface area contributed by atoms with Gasteiger partial charge in [-0.25, -0.2) is 8.78 Å². The SMILES string of the molecule is CCNCc1cnc(C)cc1OCC(F)(F)C(F)F. The maximum atomic E-state index is 12.8. The van der Waals surface area contributed by atoms with Gasteiger partial charge in [-0.3, -0.25) is 4.98 Å². The lowest BCUT2D eigenvalue weighted by Crippen LogP contribution is -2.34. The molecule has 0 aromatic carbocycles. The third-order valence-corrected chi connectivity index (χ3v) is 2.39. The molecule has 0 bridgehead atoms. The van der Waals surface area contributed by atoms with Gasteiger partial charge in [0.15, 0.2) is 6.61 Å². The van der Waals surface area contributed by atoms with Crippen LogP contribution >= 0.6 is 0 Å². The van der Waals surface area contributed by atoms with Crippen molar-refractivity contribution in [1.82, 2.24) is 10.3 Å². The zero-order chi connectivity index (χ0) is 14.5. The maximum absolute atomic E-state index is 12.8. The zero-order valence-electron chi connectivity index (χ0n) is 10.7. The zero-order valence-corrected chi connectivity index (χ0v) is 10.7. The van der Waals surface area contributed by atoms with E-state index in [9.17, 15) is 17.6 Å². The van der Waals surface area contributed by atoms with Crippen LogP contribution in [-0.4, -0.2) is 30.5 Å². The quantitative estimate of drug-likeness (QED) is 0.780. The second kappa shape index (κ2) is 6.70. The minimum absolute atomic E-state index is 0.147. The van der Waals surface area contributed by atoms with Crippen molar-refractivity contribution in [2.45, 2.75) is 32.7 Å². The van der Waals surface area contributed by atoms with Crippen LogP contribution in [0, 0.1) is 6.92 Å². The molecule has 7 heteroatoms. The summed E-state index contributed by atoms with van der Waals surface area (Å²) in [7, 11) is 0. The second-order valence-electron chi connectivity index (χ2n) is 4.06. The predicted molar refractivity (Wildman–Crippen MR) is 62.8 cm³/mol. The Labute approximate surface area is 109 Å². The normalized spacial score (nSPS) is 11.9. The lowest BCUT2D eigenvalue weighted by molar-refractivity contribution is -0.148. The fraction of sp³-hybridized carbons (Fsp3) is 0.583. The van der Waals surface area contributed by atoms with Gasteiger partial charge in [0.2, 0.25) is 0 Å². The summed E-state index contributed by atoms with van der Waals surface area (Å²) in [5, 5.41) is 2.99. The number of hydrogen-bond donors (Lipinski definition) is 1. The van der Waals surface area contributed by atoms with Gasteiger partial charge >= 0.3 is 12.3 Å². The smallest absolute Gasteiger partial charge is 0.340 e. The monoisotopic (exact) mass is 280 g/mol. The first-order chi connectivity index (χ1) is 8.86. The van der Waals surface area contributed by atoms with Gasteiger partial charge in [-0.2, -0.15) is 8.78 Å². The number of aromatic nitrogens is 1. The Hall–Kier alpha value is -1.37. The molecule has 0 amide bonds. The minimum atomic E-state index is -4.16. The highest BCUT2D eigenvalue weighted by Crippen LogP contribution is 2.26. The molecule has 1 aromatic heterocycles. The van der Waals surface area contributed by atoms with Crippen LogP contribution in [0.3, 0.4) is 0 Å². The molecule has 0 atom stereocenters. The first-order valence-corrected chi connectivity index (χ1v) is 5.82. The molecule has 0 aliphatic carbocycles. The van der Waals surface area contributed by atoms with Gasteiger partial charge in [0.1, 0.15) is 5.75 Å². The molecule has 108 valence electrons.